The van der Waals surface area contributed by atoms with E-state index in [1.54, 1.807) is 30.6 Å². The molecule has 0 aliphatic carbocycles. The third-order valence-corrected chi connectivity index (χ3v) is 2.53. The molecule has 5 heteroatoms. The molecular weight excluding hydrogens is 244 g/mol. The molecule has 0 aliphatic heterocycles. The predicted octanol–water partition coefficient (Wildman–Crippen LogP) is 2.37. The Hall–Kier alpha value is -2.30. The Kier molecular flexibility index (Phi) is 4.18. The number of imidazole rings is 1. The van der Waals surface area contributed by atoms with Gasteiger partial charge in [-0.2, -0.15) is 0 Å². The molecule has 0 saturated heterocycles. The Labute approximate surface area is 111 Å². The molecule has 0 radical (unpaired) electrons. The first-order chi connectivity index (χ1) is 9.26. The van der Waals surface area contributed by atoms with Gasteiger partial charge in [-0.1, -0.05) is 0 Å². The molecule has 2 rings (SSSR count). The van der Waals surface area contributed by atoms with Crippen LogP contribution >= 0.6 is 0 Å². The van der Waals surface area contributed by atoms with Crippen LogP contribution in [-0.2, 0) is 0 Å². The first-order valence-corrected chi connectivity index (χ1v) is 6.18. The first-order valence-electron chi connectivity index (χ1n) is 6.18. The van der Waals surface area contributed by atoms with Gasteiger partial charge in [-0.3, -0.25) is 9.36 Å². The third-order valence-electron chi connectivity index (χ3n) is 2.53. The summed E-state index contributed by atoms with van der Waals surface area (Å²) in [6, 6.07) is 5.23. The van der Waals surface area contributed by atoms with Crippen molar-refractivity contribution in [1.29, 1.82) is 0 Å². The zero-order valence-corrected chi connectivity index (χ0v) is 11.0. The van der Waals surface area contributed by atoms with E-state index in [0.29, 0.717) is 30.3 Å². The highest BCUT2D eigenvalue weighted by Gasteiger charge is 2.15. The molecule has 19 heavy (non-hydrogen) atoms. The van der Waals surface area contributed by atoms with E-state index in [2.05, 4.69) is 4.98 Å². The summed E-state index contributed by atoms with van der Waals surface area (Å²) in [4.78, 5) is 16.2. The van der Waals surface area contributed by atoms with Gasteiger partial charge in [0.15, 0.2) is 0 Å². The summed E-state index contributed by atoms with van der Waals surface area (Å²) in [5.41, 5.74) is 0.464. The number of hydrogen-bond donors (Lipinski definition) is 0. The summed E-state index contributed by atoms with van der Waals surface area (Å²) in [5.74, 6) is 1.00. The van der Waals surface area contributed by atoms with Crippen molar-refractivity contribution >= 4 is 5.91 Å². The van der Waals surface area contributed by atoms with Crippen LogP contribution in [0.3, 0.4) is 0 Å². The molecule has 0 fully saturated rings. The van der Waals surface area contributed by atoms with Gasteiger partial charge in [0, 0.05) is 12.4 Å². The van der Waals surface area contributed by atoms with Crippen LogP contribution in [0.5, 0.6) is 11.5 Å². The third kappa shape index (κ3) is 2.93. The summed E-state index contributed by atoms with van der Waals surface area (Å²) in [6.07, 6.45) is 4.63. The van der Waals surface area contributed by atoms with Crippen LogP contribution in [0.4, 0.5) is 0 Å². The maximum atomic E-state index is 12.3. The van der Waals surface area contributed by atoms with Crippen molar-refractivity contribution in [1.82, 2.24) is 9.55 Å². The monoisotopic (exact) mass is 260 g/mol. The number of ether oxygens (including phenoxy) is 2. The molecule has 0 amide bonds. The molecule has 0 unspecified atom stereocenters. The Morgan fingerprint density at radius 1 is 1.26 bits per heavy atom. The predicted molar refractivity (Wildman–Crippen MR) is 70.7 cm³/mol. The number of benzene rings is 1. The fourth-order valence-corrected chi connectivity index (χ4v) is 1.73. The molecule has 2 aromatic rings. The lowest BCUT2D eigenvalue weighted by atomic mass is 10.1. The number of carbonyl (C=O) groups excluding carboxylic acids is 1. The highest BCUT2D eigenvalue weighted by Crippen LogP contribution is 2.25. The number of rotatable bonds is 5. The average Bonchev–Trinajstić information content (AvgIpc) is 2.94. The van der Waals surface area contributed by atoms with Gasteiger partial charge >= 0.3 is 0 Å². The molecule has 1 heterocycles. The lowest BCUT2D eigenvalue weighted by Gasteiger charge is -2.11. The average molecular weight is 260 g/mol. The maximum Gasteiger partial charge on any atom is 0.267 e. The van der Waals surface area contributed by atoms with Gasteiger partial charge in [-0.05, 0) is 32.0 Å². The lowest BCUT2D eigenvalue weighted by molar-refractivity contribution is 0.0955. The smallest absolute Gasteiger partial charge is 0.267 e. The Morgan fingerprint density at radius 3 is 2.68 bits per heavy atom. The van der Waals surface area contributed by atoms with Gasteiger partial charge in [-0.25, -0.2) is 4.98 Å². The Morgan fingerprint density at radius 2 is 2.05 bits per heavy atom. The van der Waals surface area contributed by atoms with E-state index < -0.39 is 0 Å². The second kappa shape index (κ2) is 6.04. The summed E-state index contributed by atoms with van der Waals surface area (Å²) >= 11 is 0. The first kappa shape index (κ1) is 13.1. The van der Waals surface area contributed by atoms with Gasteiger partial charge < -0.3 is 9.47 Å². The number of hydrogen-bond acceptors (Lipinski definition) is 4. The summed E-state index contributed by atoms with van der Waals surface area (Å²) < 4.78 is 12.3. The zero-order chi connectivity index (χ0) is 13.7. The van der Waals surface area contributed by atoms with E-state index in [0.717, 1.165) is 0 Å². The summed E-state index contributed by atoms with van der Waals surface area (Å²) in [7, 11) is 0. The highest BCUT2D eigenvalue weighted by molar-refractivity contribution is 5.98. The van der Waals surface area contributed by atoms with E-state index in [1.165, 1.54) is 10.9 Å². The number of carbonyl (C=O) groups is 1. The molecule has 0 N–H and O–H groups in total. The second-order valence-electron chi connectivity index (χ2n) is 3.80. The van der Waals surface area contributed by atoms with Gasteiger partial charge in [0.1, 0.15) is 17.8 Å². The molecule has 0 atom stereocenters. The maximum absolute atomic E-state index is 12.3. The van der Waals surface area contributed by atoms with Crippen molar-refractivity contribution in [3.8, 4) is 11.5 Å². The van der Waals surface area contributed by atoms with Crippen molar-refractivity contribution in [3.05, 3.63) is 42.5 Å². The van der Waals surface area contributed by atoms with Crippen molar-refractivity contribution in [2.24, 2.45) is 0 Å². The molecule has 1 aromatic heterocycles. The van der Waals surface area contributed by atoms with Crippen molar-refractivity contribution in [3.63, 3.8) is 0 Å². The van der Waals surface area contributed by atoms with Crippen molar-refractivity contribution in [2.45, 2.75) is 13.8 Å². The molecule has 0 spiro atoms. The van der Waals surface area contributed by atoms with Crippen LogP contribution in [0.2, 0.25) is 0 Å². The van der Waals surface area contributed by atoms with Crippen LogP contribution in [0.1, 0.15) is 24.2 Å². The van der Waals surface area contributed by atoms with Crippen molar-refractivity contribution < 1.29 is 14.3 Å². The molecule has 1 aromatic carbocycles. The minimum atomic E-state index is -0.192. The molecular formula is C14H16N2O3. The Balaban J connectivity index is 2.39. The lowest BCUT2D eigenvalue weighted by Crippen LogP contribution is -2.12. The minimum Gasteiger partial charge on any atom is -0.494 e. The number of aromatic nitrogens is 2. The van der Waals surface area contributed by atoms with E-state index >= 15 is 0 Å². The number of nitrogens with zero attached hydrogens (tertiary/aromatic N) is 2. The molecule has 100 valence electrons. The van der Waals surface area contributed by atoms with Gasteiger partial charge in [0.2, 0.25) is 0 Å². The van der Waals surface area contributed by atoms with Gasteiger partial charge in [-0.15, -0.1) is 0 Å². The van der Waals surface area contributed by atoms with Crippen LogP contribution in [-0.4, -0.2) is 28.7 Å². The standard InChI is InChI=1S/C14H16N2O3/c1-3-18-11-5-6-13(19-4-2)12(9-11)14(17)16-8-7-15-10-16/h5-10H,3-4H2,1-2H3. The summed E-state index contributed by atoms with van der Waals surface area (Å²) in [5, 5.41) is 0. The van der Waals surface area contributed by atoms with E-state index in [4.69, 9.17) is 9.47 Å². The quantitative estimate of drug-likeness (QED) is 0.828. The second-order valence-corrected chi connectivity index (χ2v) is 3.80. The molecule has 0 saturated carbocycles. The van der Waals surface area contributed by atoms with Crippen LogP contribution in [0.25, 0.3) is 0 Å². The topological polar surface area (TPSA) is 53.4 Å². The van der Waals surface area contributed by atoms with Gasteiger partial charge in [0.25, 0.3) is 5.91 Å². The fraction of sp³-hybridized carbons (Fsp3) is 0.286. The van der Waals surface area contributed by atoms with Gasteiger partial charge in [0.05, 0.1) is 18.8 Å². The van der Waals surface area contributed by atoms with E-state index in [9.17, 15) is 4.79 Å². The van der Waals surface area contributed by atoms with Crippen LogP contribution in [0.15, 0.2) is 36.9 Å². The van der Waals surface area contributed by atoms with E-state index in [1.807, 2.05) is 13.8 Å². The van der Waals surface area contributed by atoms with Crippen LogP contribution in [0, 0.1) is 0 Å². The molecule has 0 aliphatic rings. The molecule has 5 nitrogen and oxygen atoms in total. The summed E-state index contributed by atoms with van der Waals surface area (Å²) in [6.45, 7) is 4.82. The van der Waals surface area contributed by atoms with Crippen LogP contribution < -0.4 is 9.47 Å². The molecule has 0 bridgehead atoms. The van der Waals surface area contributed by atoms with Crippen molar-refractivity contribution in [2.75, 3.05) is 13.2 Å². The minimum absolute atomic E-state index is 0.192. The largest absolute Gasteiger partial charge is 0.494 e. The Bertz CT molecular complexity index is 550. The normalized spacial score (nSPS) is 10.2. The zero-order valence-electron chi connectivity index (χ0n) is 11.0. The van der Waals surface area contributed by atoms with E-state index in [-0.39, 0.29) is 5.91 Å². The SMILES string of the molecule is CCOc1ccc(OCC)c(C(=O)n2ccnc2)c1. The fourth-order valence-electron chi connectivity index (χ4n) is 1.73. The highest BCUT2D eigenvalue weighted by atomic mass is 16.5.